The standard InChI is InChI=1S/C31H42N8O6.C8H7N.C3H9N3.CH4N2.CH5N/c1-32-12-4-9-22-28(42)34-17-26(40)39-14-6-11-25(39)31(45)37-23(15-19-16-33-21-8-3-2-7-20(19)21)29(43)35-18-27(41)38-13-5-10-24(38)30(44)36-22;1-2-4-8-7(3-1)5-6-9-8;4-1-2-6-3-5;2-1-3;1-2/h2-3,7-8,16,22-25,32-33H,4-6,9-15,17-18H2,1H3,(H,34,42)(H,35,43)(H,36,44)(H,37,45);1-6,9H;3H,1-2,4H2,(H2,5,6);1H,(H3,2,3);2H2,1H3/t22-,23-,24+,25?;;;;/m0..../s1. The van der Waals surface area contributed by atoms with Gasteiger partial charge in [-0.2, -0.15) is 0 Å². The number of rotatable bonds is 8. The van der Waals surface area contributed by atoms with Crippen LogP contribution in [0.2, 0.25) is 0 Å². The number of nitrogens with two attached hydrogens (primary N) is 4. The van der Waals surface area contributed by atoms with Crippen LogP contribution < -0.4 is 49.5 Å². The van der Waals surface area contributed by atoms with E-state index in [1.807, 2.05) is 42.6 Å². The maximum Gasteiger partial charge on any atom is 0.243 e. The van der Waals surface area contributed by atoms with Gasteiger partial charge in [-0.05, 0) is 88.3 Å². The summed E-state index contributed by atoms with van der Waals surface area (Å²) in [6.45, 7) is 1.81. The van der Waals surface area contributed by atoms with Gasteiger partial charge < -0.3 is 69.3 Å². The van der Waals surface area contributed by atoms with Crippen molar-refractivity contribution in [3.63, 3.8) is 0 Å². The summed E-state index contributed by atoms with van der Waals surface area (Å²) in [6.07, 6.45) is 8.83. The predicted octanol–water partition coefficient (Wildman–Crippen LogP) is -0.865. The quantitative estimate of drug-likeness (QED) is 0.0586. The molecular weight excluding hydrogens is 835 g/mol. The Morgan fingerprint density at radius 2 is 1.32 bits per heavy atom. The second kappa shape index (κ2) is 28.8. The molecule has 3 aliphatic heterocycles. The normalized spacial score (nSPS) is 20.4. The molecule has 0 bridgehead atoms. The Bertz CT molecular complexity index is 2130. The third-order valence-electron chi connectivity index (χ3n) is 10.7. The van der Waals surface area contributed by atoms with Crippen molar-refractivity contribution in [3.8, 4) is 0 Å². The third kappa shape index (κ3) is 16.0. The molecule has 3 aliphatic rings. The highest BCUT2D eigenvalue weighted by molar-refractivity contribution is 5.97. The number of amides is 6. The van der Waals surface area contributed by atoms with E-state index in [9.17, 15) is 28.8 Å². The number of aliphatic imine (C=N–C) groups is 1. The zero-order valence-electron chi connectivity index (χ0n) is 37.3. The summed E-state index contributed by atoms with van der Waals surface area (Å²) in [5.41, 5.74) is 21.7. The summed E-state index contributed by atoms with van der Waals surface area (Å²) < 4.78 is 0. The predicted molar refractivity (Wildman–Crippen MR) is 252 cm³/mol. The van der Waals surface area contributed by atoms with E-state index >= 15 is 0 Å². The summed E-state index contributed by atoms with van der Waals surface area (Å²) in [5.74, 6) is -2.83. The number of aromatic nitrogens is 2. The fraction of sp³-hybridized carbons (Fsp3) is 0.455. The summed E-state index contributed by atoms with van der Waals surface area (Å²) in [4.78, 5) is 93.0. The molecule has 0 radical (unpaired) electrons. The first-order chi connectivity index (χ1) is 31.6. The molecule has 0 spiro atoms. The topological polar surface area (TPSA) is 341 Å². The van der Waals surface area contributed by atoms with Crippen molar-refractivity contribution in [2.75, 3.05) is 59.9 Å². The number of hydrogen-bond acceptors (Lipinski definition) is 11. The lowest BCUT2D eigenvalue weighted by atomic mass is 10.0. The summed E-state index contributed by atoms with van der Waals surface area (Å²) in [7, 11) is 3.29. The molecule has 3 saturated heterocycles. The Kier molecular flexibility index (Phi) is 23.2. The lowest BCUT2D eigenvalue weighted by Gasteiger charge is -2.29. The van der Waals surface area contributed by atoms with Crippen LogP contribution >= 0.6 is 0 Å². The molecule has 6 amide bonds. The van der Waals surface area contributed by atoms with Crippen LogP contribution in [0.15, 0.2) is 72.0 Å². The van der Waals surface area contributed by atoms with Crippen molar-refractivity contribution in [2.45, 2.75) is 69.1 Å². The van der Waals surface area contributed by atoms with Crippen molar-refractivity contribution in [1.29, 1.82) is 5.41 Å². The molecule has 4 atom stereocenters. The van der Waals surface area contributed by atoms with Crippen LogP contribution in [-0.2, 0) is 35.2 Å². The number of nitrogens with zero attached hydrogens (tertiary/aromatic N) is 3. The van der Waals surface area contributed by atoms with Crippen LogP contribution in [0.3, 0.4) is 0 Å². The van der Waals surface area contributed by atoms with Crippen molar-refractivity contribution in [3.05, 3.63) is 72.6 Å². The zero-order valence-corrected chi connectivity index (χ0v) is 37.3. The van der Waals surface area contributed by atoms with Crippen LogP contribution in [-0.4, -0.2) is 152 Å². The Morgan fingerprint density at radius 3 is 1.88 bits per heavy atom. The van der Waals surface area contributed by atoms with E-state index < -0.39 is 59.6 Å². The number of fused-ring (bicyclic) bond motifs is 4. The minimum atomic E-state index is -1.03. The number of nitrogens with one attached hydrogen (secondary N) is 8. The van der Waals surface area contributed by atoms with Gasteiger partial charge >= 0.3 is 0 Å². The average molecular weight is 902 g/mol. The van der Waals surface area contributed by atoms with E-state index in [-0.39, 0.29) is 19.5 Å². The maximum absolute atomic E-state index is 13.6. The van der Waals surface area contributed by atoms with Gasteiger partial charge in [0, 0.05) is 54.9 Å². The van der Waals surface area contributed by atoms with Gasteiger partial charge in [-0.25, -0.2) is 0 Å². The summed E-state index contributed by atoms with van der Waals surface area (Å²) in [5, 5.41) is 22.0. The average Bonchev–Trinajstić information content (AvgIpc) is 4.17. The zero-order chi connectivity index (χ0) is 47.6. The van der Waals surface area contributed by atoms with E-state index in [1.165, 1.54) is 34.1 Å². The first kappa shape index (κ1) is 52.5. The van der Waals surface area contributed by atoms with Crippen molar-refractivity contribution in [2.24, 2.45) is 27.9 Å². The maximum atomic E-state index is 13.6. The van der Waals surface area contributed by atoms with E-state index in [1.54, 1.807) is 13.2 Å². The monoisotopic (exact) mass is 902 g/mol. The second-order valence-electron chi connectivity index (χ2n) is 14.9. The highest BCUT2D eigenvalue weighted by Crippen LogP contribution is 2.22. The fourth-order valence-corrected chi connectivity index (χ4v) is 7.61. The molecule has 2 aromatic carbocycles. The number of para-hydroxylation sites is 2. The van der Waals surface area contributed by atoms with Crippen molar-refractivity contribution >= 4 is 69.9 Å². The van der Waals surface area contributed by atoms with E-state index in [4.69, 9.17) is 16.9 Å². The number of carbonyl (C=O) groups excluding carboxylic acids is 6. The van der Waals surface area contributed by atoms with Crippen molar-refractivity contribution < 1.29 is 28.8 Å². The number of benzene rings is 2. The number of aromatic amines is 2. The van der Waals surface area contributed by atoms with Crippen LogP contribution in [0.25, 0.3) is 21.8 Å². The molecule has 2 aromatic heterocycles. The van der Waals surface area contributed by atoms with Gasteiger partial charge in [0.25, 0.3) is 0 Å². The first-order valence-corrected chi connectivity index (χ1v) is 21.7. The highest BCUT2D eigenvalue weighted by Gasteiger charge is 2.39. The lowest BCUT2D eigenvalue weighted by Crippen LogP contribution is -2.58. The molecule has 5 heterocycles. The lowest BCUT2D eigenvalue weighted by molar-refractivity contribution is -0.141. The minimum Gasteiger partial charge on any atom is -0.390 e. The molecule has 354 valence electrons. The molecular formula is C44H67N15O6. The highest BCUT2D eigenvalue weighted by atomic mass is 16.2. The van der Waals surface area contributed by atoms with Gasteiger partial charge in [0.05, 0.1) is 32.3 Å². The van der Waals surface area contributed by atoms with Crippen LogP contribution in [0, 0.1) is 5.41 Å². The molecule has 1 unspecified atom stereocenters. The third-order valence-corrected chi connectivity index (χ3v) is 10.7. The fourth-order valence-electron chi connectivity index (χ4n) is 7.61. The van der Waals surface area contributed by atoms with E-state index in [0.717, 1.165) is 22.8 Å². The SMILES string of the molecule is CN.CNCCC[C@@H]1NC(=O)[C@H]2CCCN2C(=O)CNC(=O)[C@H](Cc2c[nH]c3ccccc23)NC(=O)C2CCCN2C(=O)CNC1=O.N=CN.NC=NCCN.c1ccc2[nH]ccc2c1. The van der Waals surface area contributed by atoms with Gasteiger partial charge in [0.15, 0.2) is 0 Å². The molecule has 65 heavy (non-hydrogen) atoms. The van der Waals surface area contributed by atoms with Crippen LogP contribution in [0.1, 0.15) is 44.1 Å². The second-order valence-corrected chi connectivity index (χ2v) is 14.9. The van der Waals surface area contributed by atoms with Gasteiger partial charge in [0.2, 0.25) is 35.4 Å². The molecule has 3 fully saturated rings. The van der Waals surface area contributed by atoms with Gasteiger partial charge in [-0.1, -0.05) is 36.4 Å². The first-order valence-electron chi connectivity index (χ1n) is 21.7. The van der Waals surface area contributed by atoms with Gasteiger partial charge in [-0.3, -0.25) is 39.2 Å². The number of hydrogen-bond donors (Lipinski definition) is 12. The Hall–Kier alpha value is -6.84. The number of H-pyrrole nitrogens is 2. The van der Waals surface area contributed by atoms with E-state index in [2.05, 4.69) is 71.2 Å². The Balaban J connectivity index is 0.000000463. The molecule has 7 rings (SSSR count). The molecule has 0 aliphatic carbocycles. The van der Waals surface area contributed by atoms with Gasteiger partial charge in [-0.15, -0.1) is 0 Å². The van der Waals surface area contributed by atoms with E-state index in [0.29, 0.717) is 71.2 Å². The van der Waals surface area contributed by atoms with Crippen molar-refractivity contribution in [1.82, 2.24) is 46.4 Å². The largest absolute Gasteiger partial charge is 0.390 e. The molecule has 0 saturated carbocycles. The number of carbonyl (C=O) groups is 6. The minimum absolute atomic E-state index is 0.149. The Labute approximate surface area is 379 Å². The molecule has 16 N–H and O–H groups in total. The smallest absolute Gasteiger partial charge is 0.243 e. The summed E-state index contributed by atoms with van der Waals surface area (Å²) in [6, 6.07) is 14.3. The van der Waals surface area contributed by atoms with Gasteiger partial charge in [0.1, 0.15) is 24.2 Å². The molecule has 21 nitrogen and oxygen atoms in total. The van der Waals surface area contributed by atoms with Crippen LogP contribution in [0.5, 0.6) is 0 Å². The van der Waals surface area contributed by atoms with Crippen LogP contribution in [0.4, 0.5) is 0 Å². The molecule has 4 aromatic rings. The summed E-state index contributed by atoms with van der Waals surface area (Å²) >= 11 is 0. The Morgan fingerprint density at radius 1 is 0.769 bits per heavy atom. The molecule has 21 heteroatoms.